The lowest BCUT2D eigenvalue weighted by Gasteiger charge is -2.08. The maximum atomic E-state index is 11.3. The zero-order chi connectivity index (χ0) is 18.4. The number of phenols is 1. The van der Waals surface area contributed by atoms with Gasteiger partial charge in [0, 0.05) is 27.1 Å². The molecule has 132 valence electrons. The Hall–Kier alpha value is -3.12. The number of nitrogens with one attached hydrogen (secondary N) is 1. The highest BCUT2D eigenvalue weighted by atomic mass is 16.7. The normalized spacial score (nSPS) is 11.5. The van der Waals surface area contributed by atoms with E-state index < -0.39 is 6.61 Å². The molecule has 0 bridgehead atoms. The number of H-pyrrole nitrogens is 1. The number of aliphatic hydroxyl groups is 1. The van der Waals surface area contributed by atoms with Crippen LogP contribution in [-0.2, 0) is 4.79 Å². The summed E-state index contributed by atoms with van der Waals surface area (Å²) in [5, 5.41) is 22.8. The first kappa shape index (κ1) is 16.4. The first-order chi connectivity index (χ1) is 12.5. The van der Waals surface area contributed by atoms with Crippen molar-refractivity contribution in [2.24, 2.45) is 0 Å². The first-order valence-electron chi connectivity index (χ1n) is 8.34. The highest BCUT2D eigenvalue weighted by Gasteiger charge is 2.17. The average molecular weight is 351 g/mol. The predicted octanol–water partition coefficient (Wildman–Crippen LogP) is 2.07. The largest absolute Gasteiger partial charge is 0.508 e. The van der Waals surface area contributed by atoms with Gasteiger partial charge in [0.2, 0.25) is 24.8 Å². The summed E-state index contributed by atoms with van der Waals surface area (Å²) >= 11 is 0. The molecular formula is C20H19N2O4+. The summed E-state index contributed by atoms with van der Waals surface area (Å²) in [6.45, 7) is 3.37. The molecule has 4 aromatic rings. The molecule has 0 unspecified atom stereocenters. The molecule has 4 rings (SSSR count). The highest BCUT2D eigenvalue weighted by Crippen LogP contribution is 2.36. The predicted molar refractivity (Wildman–Crippen MR) is 98.2 cm³/mol. The Bertz CT molecular complexity index is 1180. The second-order valence-electron chi connectivity index (χ2n) is 6.46. The fourth-order valence-corrected chi connectivity index (χ4v) is 3.50. The van der Waals surface area contributed by atoms with Crippen molar-refractivity contribution in [3.8, 4) is 5.75 Å². The molecule has 6 nitrogen and oxygen atoms in total. The Morgan fingerprint density at radius 1 is 1.15 bits per heavy atom. The van der Waals surface area contributed by atoms with E-state index in [2.05, 4.69) is 11.9 Å². The molecule has 0 spiro atoms. The summed E-state index contributed by atoms with van der Waals surface area (Å²) in [6.07, 6.45) is 3.59. The van der Waals surface area contributed by atoms with Gasteiger partial charge < -0.3 is 15.2 Å². The Balaban J connectivity index is 1.96. The first-order valence-corrected chi connectivity index (χ1v) is 8.34. The number of hydrogen-bond donors (Lipinski definition) is 3. The number of nitrogens with zero attached hydrogens (tertiary/aromatic N) is 1. The van der Waals surface area contributed by atoms with E-state index in [4.69, 9.17) is 9.94 Å². The smallest absolute Gasteiger partial charge is 0.230 e. The number of phenolic OH excluding ortho intramolecular Hbond substituents is 1. The SMILES string of the molecule is Cc1c2cc[n+](OCC(=O)CO)cc2c(C)c2c1[nH]c1ccc(O)cc12. The van der Waals surface area contributed by atoms with Gasteiger partial charge in [0.1, 0.15) is 12.4 Å². The van der Waals surface area contributed by atoms with Gasteiger partial charge in [0.25, 0.3) is 0 Å². The van der Waals surface area contributed by atoms with Gasteiger partial charge in [-0.2, -0.15) is 0 Å². The lowest BCUT2D eigenvalue weighted by molar-refractivity contribution is -0.888. The zero-order valence-corrected chi connectivity index (χ0v) is 14.5. The van der Waals surface area contributed by atoms with Gasteiger partial charge in [-0.05, 0) is 48.6 Å². The monoisotopic (exact) mass is 351 g/mol. The number of aromatic hydroxyl groups is 1. The molecule has 6 heteroatoms. The summed E-state index contributed by atoms with van der Waals surface area (Å²) in [6, 6.07) is 7.25. The summed E-state index contributed by atoms with van der Waals surface area (Å²) in [7, 11) is 0. The molecule has 0 aliphatic rings. The number of aryl methyl sites for hydroxylation is 2. The van der Waals surface area contributed by atoms with Crippen LogP contribution < -0.4 is 9.57 Å². The third-order valence-corrected chi connectivity index (χ3v) is 4.83. The molecular weight excluding hydrogens is 332 g/mol. The van der Waals surface area contributed by atoms with Crippen molar-refractivity contribution in [2.75, 3.05) is 13.2 Å². The molecule has 0 aliphatic heterocycles. The molecule has 2 heterocycles. The summed E-state index contributed by atoms with van der Waals surface area (Å²) < 4.78 is 1.49. The van der Waals surface area contributed by atoms with Crippen LogP contribution >= 0.6 is 0 Å². The number of ketones is 1. The van der Waals surface area contributed by atoms with E-state index >= 15 is 0 Å². The van der Waals surface area contributed by atoms with Gasteiger partial charge in [-0.15, -0.1) is 0 Å². The van der Waals surface area contributed by atoms with Gasteiger partial charge in [0.05, 0.1) is 10.9 Å². The number of Topliss-reactive ketones (excluding diaryl/α,β-unsaturated/α-hetero) is 1. The number of fused-ring (bicyclic) bond motifs is 4. The quantitative estimate of drug-likeness (QED) is 0.491. The van der Waals surface area contributed by atoms with Gasteiger partial charge in [0.15, 0.2) is 0 Å². The summed E-state index contributed by atoms with van der Waals surface area (Å²) in [4.78, 5) is 20.1. The minimum absolute atomic E-state index is 0.187. The van der Waals surface area contributed by atoms with E-state index in [1.54, 1.807) is 18.3 Å². The maximum absolute atomic E-state index is 11.3. The van der Waals surface area contributed by atoms with Crippen molar-refractivity contribution >= 4 is 38.4 Å². The lowest BCUT2D eigenvalue weighted by Crippen LogP contribution is -2.44. The molecule has 0 saturated carbocycles. The number of pyridine rings is 1. The van der Waals surface area contributed by atoms with E-state index in [9.17, 15) is 9.90 Å². The number of carbonyl (C=O) groups is 1. The van der Waals surface area contributed by atoms with Crippen LogP contribution in [0.15, 0.2) is 36.7 Å². The Kier molecular flexibility index (Phi) is 3.77. The van der Waals surface area contributed by atoms with Crippen LogP contribution in [0.5, 0.6) is 5.75 Å². The van der Waals surface area contributed by atoms with Crippen molar-refractivity contribution in [3.05, 3.63) is 47.8 Å². The van der Waals surface area contributed by atoms with Crippen LogP contribution in [0.4, 0.5) is 0 Å². The van der Waals surface area contributed by atoms with Crippen LogP contribution in [0.3, 0.4) is 0 Å². The maximum Gasteiger partial charge on any atom is 0.230 e. The van der Waals surface area contributed by atoms with E-state index in [-0.39, 0.29) is 18.1 Å². The van der Waals surface area contributed by atoms with Crippen LogP contribution in [-0.4, -0.2) is 34.2 Å². The number of hydrogen-bond acceptors (Lipinski definition) is 4. The molecule has 0 radical (unpaired) electrons. The molecule has 2 aromatic carbocycles. The van der Waals surface area contributed by atoms with Crippen LogP contribution in [0.25, 0.3) is 32.6 Å². The third-order valence-electron chi connectivity index (χ3n) is 4.83. The molecule has 0 fully saturated rings. The minimum Gasteiger partial charge on any atom is -0.508 e. The summed E-state index contributed by atoms with van der Waals surface area (Å²) in [5.74, 6) is -0.155. The Labute approximate surface area is 149 Å². The van der Waals surface area contributed by atoms with E-state index in [0.29, 0.717) is 0 Å². The topological polar surface area (TPSA) is 86.4 Å². The molecule has 0 amide bonds. The van der Waals surface area contributed by atoms with Crippen molar-refractivity contribution in [3.63, 3.8) is 0 Å². The third kappa shape index (κ3) is 2.46. The van der Waals surface area contributed by atoms with Gasteiger partial charge in [-0.3, -0.25) is 9.63 Å². The van der Waals surface area contributed by atoms with Crippen molar-refractivity contribution < 1.29 is 24.6 Å². The number of rotatable bonds is 4. The van der Waals surface area contributed by atoms with Gasteiger partial charge in [-0.25, -0.2) is 0 Å². The Morgan fingerprint density at radius 3 is 2.73 bits per heavy atom. The number of carbonyl (C=O) groups excluding carboxylic acids is 1. The molecule has 3 N–H and O–H groups in total. The van der Waals surface area contributed by atoms with Crippen LogP contribution in [0.2, 0.25) is 0 Å². The van der Waals surface area contributed by atoms with Crippen LogP contribution in [0, 0.1) is 13.8 Å². The zero-order valence-electron chi connectivity index (χ0n) is 14.5. The van der Waals surface area contributed by atoms with Crippen LogP contribution in [0.1, 0.15) is 11.1 Å². The second kappa shape index (κ2) is 6.00. The number of aromatic amines is 1. The lowest BCUT2D eigenvalue weighted by atomic mass is 9.97. The fraction of sp³-hybridized carbons (Fsp3) is 0.200. The minimum atomic E-state index is -0.536. The van der Waals surface area contributed by atoms with Crippen molar-refractivity contribution in [1.82, 2.24) is 4.98 Å². The fourth-order valence-electron chi connectivity index (χ4n) is 3.50. The van der Waals surface area contributed by atoms with Gasteiger partial charge >= 0.3 is 0 Å². The van der Waals surface area contributed by atoms with E-state index in [1.165, 1.54) is 4.73 Å². The molecule has 0 aliphatic carbocycles. The highest BCUT2D eigenvalue weighted by molar-refractivity contribution is 6.16. The standard InChI is InChI=1S/C20H18N2O4/c1-11-17-8-22(26-10-14(25)9-23)6-5-15(17)12(2)20-19(11)16-7-13(24)3-4-18(16)21-20/h3-8,23-24H,9-10H2,1-2H3/p+1. The molecule has 0 saturated heterocycles. The van der Waals surface area contributed by atoms with E-state index in [1.807, 2.05) is 25.3 Å². The number of benzene rings is 2. The average Bonchev–Trinajstić information content (AvgIpc) is 3.03. The van der Waals surface area contributed by atoms with Gasteiger partial charge in [-0.1, -0.05) is 0 Å². The molecule has 2 aromatic heterocycles. The van der Waals surface area contributed by atoms with Crippen molar-refractivity contribution in [2.45, 2.75) is 13.8 Å². The molecule has 26 heavy (non-hydrogen) atoms. The molecule has 0 atom stereocenters. The van der Waals surface area contributed by atoms with E-state index in [0.717, 1.165) is 43.7 Å². The Morgan fingerprint density at radius 2 is 1.96 bits per heavy atom. The number of aromatic nitrogens is 2. The summed E-state index contributed by atoms with van der Waals surface area (Å²) in [5.41, 5.74) is 4.18. The second-order valence-corrected chi connectivity index (χ2v) is 6.46. The number of aliphatic hydroxyl groups excluding tert-OH is 1. The van der Waals surface area contributed by atoms with Crippen molar-refractivity contribution in [1.29, 1.82) is 0 Å².